The minimum Gasteiger partial charge on any atom is -0.397 e. The second-order valence-corrected chi connectivity index (χ2v) is 2.77. The van der Waals surface area contributed by atoms with Gasteiger partial charge < -0.3 is 11.5 Å². The minimum absolute atomic E-state index is 0.156. The molecule has 0 fully saturated rings. The number of aromatic nitrogens is 1. The topological polar surface area (TPSA) is 64.9 Å². The number of nitrogen functional groups attached to an aromatic ring is 2. The predicted molar refractivity (Wildman–Crippen MR) is 43.0 cm³/mol. The molecule has 0 unspecified atom stereocenters. The van der Waals surface area contributed by atoms with E-state index in [1.807, 2.05) is 0 Å². The third kappa shape index (κ3) is 1.92. The maximum atomic E-state index is 12.7. The van der Waals surface area contributed by atoms with Crippen LogP contribution in [0.5, 0.6) is 0 Å². The van der Waals surface area contributed by atoms with E-state index in [0.29, 0.717) is 12.3 Å². The van der Waals surface area contributed by atoms with Crippen molar-refractivity contribution in [3.8, 4) is 0 Å². The largest absolute Gasteiger partial charge is 0.459 e. The molecule has 15 heavy (non-hydrogen) atoms. The van der Waals surface area contributed by atoms with Crippen molar-refractivity contribution >= 4 is 11.4 Å². The molecule has 0 radical (unpaired) electrons. The summed E-state index contributed by atoms with van der Waals surface area (Å²) in [6.45, 7) is 0. The van der Waals surface area contributed by atoms with Crippen LogP contribution in [-0.2, 0) is 5.92 Å². The number of nitrogens with zero attached hydrogens (tertiary/aromatic N) is 1. The highest BCUT2D eigenvalue weighted by Gasteiger charge is 2.59. The van der Waals surface area contributed by atoms with Crippen LogP contribution in [0.2, 0.25) is 0 Å². The molecule has 0 atom stereocenters. The first-order valence-corrected chi connectivity index (χ1v) is 3.62. The van der Waals surface area contributed by atoms with Gasteiger partial charge in [-0.3, -0.25) is 4.98 Å². The van der Waals surface area contributed by atoms with Crippen molar-refractivity contribution < 1.29 is 22.0 Å². The predicted octanol–water partition coefficient (Wildman–Crippen LogP) is 1.90. The molecule has 0 saturated carbocycles. The molecule has 0 spiro atoms. The fourth-order valence-electron chi connectivity index (χ4n) is 0.798. The third-order valence-corrected chi connectivity index (χ3v) is 1.65. The standard InChI is InChI=1S/C7H6F5N3/c8-6(9,7(10,11)12)5-1-3(13)4(14)2-15-5/h1-2H,14H2,(H2,13,15). The Labute approximate surface area is 80.9 Å². The normalized spacial score (nSPS) is 12.9. The molecular formula is C7H6F5N3. The van der Waals surface area contributed by atoms with Gasteiger partial charge in [0.2, 0.25) is 0 Å². The Hall–Kier alpha value is -1.60. The van der Waals surface area contributed by atoms with E-state index in [2.05, 4.69) is 4.98 Å². The second-order valence-electron chi connectivity index (χ2n) is 2.77. The van der Waals surface area contributed by atoms with Crippen LogP contribution in [0, 0.1) is 0 Å². The van der Waals surface area contributed by atoms with E-state index < -0.39 is 17.8 Å². The van der Waals surface area contributed by atoms with Crippen LogP contribution in [0.15, 0.2) is 12.3 Å². The lowest BCUT2D eigenvalue weighted by atomic mass is 10.2. The van der Waals surface area contributed by atoms with Gasteiger partial charge in [-0.1, -0.05) is 0 Å². The van der Waals surface area contributed by atoms with Gasteiger partial charge in [0.05, 0.1) is 17.6 Å². The maximum Gasteiger partial charge on any atom is 0.459 e. The summed E-state index contributed by atoms with van der Waals surface area (Å²) in [6, 6.07) is 0.406. The summed E-state index contributed by atoms with van der Waals surface area (Å²) in [4.78, 5) is 2.90. The van der Waals surface area contributed by atoms with E-state index in [0.717, 1.165) is 0 Å². The zero-order chi connectivity index (χ0) is 11.9. The van der Waals surface area contributed by atoms with Crippen molar-refractivity contribution in [3.05, 3.63) is 18.0 Å². The number of halogens is 5. The second kappa shape index (κ2) is 3.21. The summed E-state index contributed by atoms with van der Waals surface area (Å²) >= 11 is 0. The summed E-state index contributed by atoms with van der Waals surface area (Å²) in [5.41, 5.74) is 8.22. The summed E-state index contributed by atoms with van der Waals surface area (Å²) in [5, 5.41) is 0. The molecule has 1 aromatic heterocycles. The van der Waals surface area contributed by atoms with E-state index in [4.69, 9.17) is 11.5 Å². The van der Waals surface area contributed by atoms with Gasteiger partial charge in [-0.15, -0.1) is 0 Å². The SMILES string of the molecule is Nc1cnc(C(F)(F)C(F)(F)F)cc1N. The molecule has 0 aliphatic carbocycles. The Bertz CT molecular complexity index is 373. The monoisotopic (exact) mass is 227 g/mol. The lowest BCUT2D eigenvalue weighted by molar-refractivity contribution is -0.290. The van der Waals surface area contributed by atoms with Crippen molar-refractivity contribution in [3.63, 3.8) is 0 Å². The molecule has 0 aromatic carbocycles. The Morgan fingerprint density at radius 3 is 1.93 bits per heavy atom. The highest BCUT2D eigenvalue weighted by molar-refractivity contribution is 5.62. The van der Waals surface area contributed by atoms with Gasteiger partial charge in [0.15, 0.2) is 0 Å². The lowest BCUT2D eigenvalue weighted by Crippen LogP contribution is -2.34. The van der Waals surface area contributed by atoms with Gasteiger partial charge >= 0.3 is 12.1 Å². The number of hydrogen-bond acceptors (Lipinski definition) is 3. The van der Waals surface area contributed by atoms with E-state index in [9.17, 15) is 22.0 Å². The van der Waals surface area contributed by atoms with Crippen molar-refractivity contribution in [2.75, 3.05) is 11.5 Å². The number of rotatable bonds is 1. The highest BCUT2D eigenvalue weighted by Crippen LogP contribution is 2.43. The average Bonchev–Trinajstić information content (AvgIpc) is 2.07. The van der Waals surface area contributed by atoms with Gasteiger partial charge in [0, 0.05) is 0 Å². The molecular weight excluding hydrogens is 221 g/mol. The zero-order valence-electron chi connectivity index (χ0n) is 7.15. The number of pyridine rings is 1. The summed E-state index contributed by atoms with van der Waals surface area (Å²) in [7, 11) is 0. The van der Waals surface area contributed by atoms with Crippen LogP contribution < -0.4 is 11.5 Å². The van der Waals surface area contributed by atoms with E-state index in [1.165, 1.54) is 0 Å². The van der Waals surface area contributed by atoms with E-state index in [1.54, 1.807) is 0 Å². The highest BCUT2D eigenvalue weighted by atomic mass is 19.4. The molecule has 1 rings (SSSR count). The number of alkyl halides is 5. The summed E-state index contributed by atoms with van der Waals surface area (Å²) in [5.74, 6) is -5.03. The van der Waals surface area contributed by atoms with E-state index >= 15 is 0 Å². The van der Waals surface area contributed by atoms with Crippen LogP contribution in [0.1, 0.15) is 5.69 Å². The molecule has 1 aromatic rings. The van der Waals surface area contributed by atoms with Gasteiger partial charge in [0.1, 0.15) is 5.69 Å². The van der Waals surface area contributed by atoms with Crippen LogP contribution in [0.4, 0.5) is 33.3 Å². The van der Waals surface area contributed by atoms with Gasteiger partial charge in [-0.2, -0.15) is 22.0 Å². The minimum atomic E-state index is -5.71. The smallest absolute Gasteiger partial charge is 0.397 e. The Morgan fingerprint density at radius 1 is 1.00 bits per heavy atom. The summed E-state index contributed by atoms with van der Waals surface area (Å²) in [6.07, 6.45) is -5.05. The first-order valence-electron chi connectivity index (χ1n) is 3.62. The Kier molecular flexibility index (Phi) is 2.46. The molecule has 8 heteroatoms. The van der Waals surface area contributed by atoms with Crippen LogP contribution in [-0.4, -0.2) is 11.2 Å². The van der Waals surface area contributed by atoms with Crippen LogP contribution >= 0.6 is 0 Å². The van der Waals surface area contributed by atoms with E-state index in [-0.39, 0.29) is 11.4 Å². The Morgan fingerprint density at radius 2 is 1.53 bits per heavy atom. The van der Waals surface area contributed by atoms with Crippen molar-refractivity contribution in [2.45, 2.75) is 12.1 Å². The first kappa shape index (κ1) is 11.5. The zero-order valence-corrected chi connectivity index (χ0v) is 7.15. The molecule has 0 aliphatic rings. The van der Waals surface area contributed by atoms with Gasteiger partial charge in [-0.05, 0) is 6.07 Å². The van der Waals surface area contributed by atoms with Crippen LogP contribution in [0.25, 0.3) is 0 Å². The fraction of sp³-hybridized carbons (Fsp3) is 0.286. The third-order valence-electron chi connectivity index (χ3n) is 1.65. The molecule has 4 N–H and O–H groups in total. The molecule has 0 aliphatic heterocycles. The molecule has 84 valence electrons. The van der Waals surface area contributed by atoms with Crippen LogP contribution in [0.3, 0.4) is 0 Å². The molecule has 0 amide bonds. The average molecular weight is 227 g/mol. The maximum absolute atomic E-state index is 12.7. The summed E-state index contributed by atoms with van der Waals surface area (Å²) < 4.78 is 61.0. The van der Waals surface area contributed by atoms with Gasteiger partial charge in [0.25, 0.3) is 0 Å². The number of anilines is 2. The lowest BCUT2D eigenvalue weighted by Gasteiger charge is -2.19. The van der Waals surface area contributed by atoms with Crippen molar-refractivity contribution in [1.29, 1.82) is 0 Å². The quantitative estimate of drug-likeness (QED) is 0.720. The number of hydrogen-bond donors (Lipinski definition) is 2. The van der Waals surface area contributed by atoms with Crippen molar-refractivity contribution in [1.82, 2.24) is 4.98 Å². The Balaban J connectivity index is 3.22. The van der Waals surface area contributed by atoms with Crippen molar-refractivity contribution in [2.24, 2.45) is 0 Å². The molecule has 0 saturated heterocycles. The molecule has 3 nitrogen and oxygen atoms in total. The molecule has 0 bridgehead atoms. The first-order chi connectivity index (χ1) is 6.66. The number of nitrogens with two attached hydrogens (primary N) is 2. The van der Waals surface area contributed by atoms with Gasteiger partial charge in [-0.25, -0.2) is 0 Å². The fourth-order valence-corrected chi connectivity index (χ4v) is 0.798. The molecule has 1 heterocycles.